The Morgan fingerprint density at radius 3 is 2.70 bits per heavy atom. The lowest BCUT2D eigenvalue weighted by atomic mass is 10.0. The van der Waals surface area contributed by atoms with Gasteiger partial charge in [-0.25, -0.2) is 0 Å². The first-order chi connectivity index (χ1) is 9.69. The highest BCUT2D eigenvalue weighted by atomic mass is 79.9. The van der Waals surface area contributed by atoms with Crippen LogP contribution in [0, 0.1) is 0 Å². The molecule has 20 heavy (non-hydrogen) atoms. The topological polar surface area (TPSA) is 20.2 Å². The first-order valence-corrected chi connectivity index (χ1v) is 8.62. The van der Waals surface area contributed by atoms with Crippen LogP contribution in [-0.4, -0.2) is 10.9 Å². The molecule has 0 radical (unpaired) electrons. The van der Waals surface area contributed by atoms with Crippen LogP contribution in [0.25, 0.3) is 0 Å². The molecule has 2 rings (SSSR count). The fraction of sp³-hybridized carbons (Fsp3) is 0.294. The molecule has 0 aromatic heterocycles. The SMILES string of the molecule is CCCc1cccc(C(O)CSc2cccc(Br)c2)c1. The number of thioether (sulfide) groups is 1. The summed E-state index contributed by atoms with van der Waals surface area (Å²) in [5.74, 6) is 0.673. The summed E-state index contributed by atoms with van der Waals surface area (Å²) < 4.78 is 1.07. The van der Waals surface area contributed by atoms with Crippen molar-refractivity contribution in [3.05, 3.63) is 64.1 Å². The lowest BCUT2D eigenvalue weighted by Gasteiger charge is -2.12. The fourth-order valence-corrected chi connectivity index (χ4v) is 3.55. The number of halogens is 1. The molecule has 106 valence electrons. The zero-order valence-electron chi connectivity index (χ0n) is 11.6. The molecule has 0 fully saturated rings. The van der Waals surface area contributed by atoms with E-state index in [1.807, 2.05) is 24.3 Å². The van der Waals surface area contributed by atoms with E-state index in [0.717, 1.165) is 22.9 Å². The lowest BCUT2D eigenvalue weighted by Crippen LogP contribution is -2.01. The maximum absolute atomic E-state index is 10.3. The second-order valence-electron chi connectivity index (χ2n) is 4.78. The Morgan fingerprint density at radius 2 is 1.95 bits per heavy atom. The summed E-state index contributed by atoms with van der Waals surface area (Å²) >= 11 is 5.14. The zero-order valence-corrected chi connectivity index (χ0v) is 14.0. The first kappa shape index (κ1) is 15.6. The van der Waals surface area contributed by atoms with Gasteiger partial charge < -0.3 is 5.11 Å². The molecule has 0 bridgehead atoms. The molecule has 0 saturated carbocycles. The summed E-state index contributed by atoms with van der Waals surface area (Å²) in [6, 6.07) is 16.4. The standard InChI is InChI=1S/C17H19BrOS/c1-2-5-13-6-3-7-14(10-13)17(19)12-20-16-9-4-8-15(18)11-16/h3-4,6-11,17,19H,2,5,12H2,1H3. The Bertz CT molecular complexity index is 556. The summed E-state index contributed by atoms with van der Waals surface area (Å²) in [6.07, 6.45) is 1.78. The van der Waals surface area contributed by atoms with Crippen LogP contribution in [-0.2, 0) is 6.42 Å². The molecule has 1 unspecified atom stereocenters. The summed E-state index contributed by atoms with van der Waals surface area (Å²) in [6.45, 7) is 2.17. The molecule has 0 aliphatic carbocycles. The van der Waals surface area contributed by atoms with Gasteiger partial charge in [0, 0.05) is 15.1 Å². The van der Waals surface area contributed by atoms with Crippen molar-refractivity contribution in [2.24, 2.45) is 0 Å². The van der Waals surface area contributed by atoms with Gasteiger partial charge >= 0.3 is 0 Å². The van der Waals surface area contributed by atoms with E-state index in [-0.39, 0.29) is 0 Å². The van der Waals surface area contributed by atoms with Gasteiger partial charge in [0.05, 0.1) is 6.10 Å². The summed E-state index contributed by atoms with van der Waals surface area (Å²) in [5.41, 5.74) is 2.31. The van der Waals surface area contributed by atoms with Crippen molar-refractivity contribution < 1.29 is 5.11 Å². The van der Waals surface area contributed by atoms with E-state index in [9.17, 15) is 5.11 Å². The lowest BCUT2D eigenvalue weighted by molar-refractivity contribution is 0.204. The van der Waals surface area contributed by atoms with E-state index >= 15 is 0 Å². The smallest absolute Gasteiger partial charge is 0.0884 e. The van der Waals surface area contributed by atoms with Crippen LogP contribution in [0.3, 0.4) is 0 Å². The molecule has 2 aromatic rings. The highest BCUT2D eigenvalue weighted by molar-refractivity contribution is 9.10. The quantitative estimate of drug-likeness (QED) is 0.720. The number of hydrogen-bond acceptors (Lipinski definition) is 2. The predicted molar refractivity (Wildman–Crippen MR) is 90.3 cm³/mol. The van der Waals surface area contributed by atoms with Gasteiger partial charge in [0.25, 0.3) is 0 Å². The molecule has 1 atom stereocenters. The van der Waals surface area contributed by atoms with E-state index in [1.54, 1.807) is 11.8 Å². The third-order valence-corrected chi connectivity index (χ3v) is 4.64. The van der Waals surface area contributed by atoms with Gasteiger partial charge in [-0.05, 0) is 35.7 Å². The van der Waals surface area contributed by atoms with E-state index in [4.69, 9.17) is 0 Å². The highest BCUT2D eigenvalue weighted by Crippen LogP contribution is 2.27. The van der Waals surface area contributed by atoms with Gasteiger partial charge in [0.15, 0.2) is 0 Å². The van der Waals surface area contributed by atoms with Crippen molar-refractivity contribution in [1.29, 1.82) is 0 Å². The number of benzene rings is 2. The number of aliphatic hydroxyl groups excluding tert-OH is 1. The summed E-state index contributed by atoms with van der Waals surface area (Å²) in [5, 5.41) is 10.3. The number of rotatable bonds is 6. The summed E-state index contributed by atoms with van der Waals surface area (Å²) in [7, 11) is 0. The van der Waals surface area contributed by atoms with Crippen LogP contribution >= 0.6 is 27.7 Å². The van der Waals surface area contributed by atoms with Gasteiger partial charge in [-0.1, -0.05) is 59.6 Å². The Hall–Kier alpha value is -0.770. The van der Waals surface area contributed by atoms with Gasteiger partial charge in [-0.3, -0.25) is 0 Å². The van der Waals surface area contributed by atoms with Gasteiger partial charge in [-0.15, -0.1) is 11.8 Å². The van der Waals surface area contributed by atoms with Gasteiger partial charge in [-0.2, -0.15) is 0 Å². The molecular weight excluding hydrogens is 332 g/mol. The molecule has 0 aliphatic heterocycles. The molecule has 0 amide bonds. The Kier molecular flexibility index (Phi) is 6.14. The normalized spacial score (nSPS) is 12.3. The molecule has 2 aromatic carbocycles. The molecule has 0 aliphatic rings. The van der Waals surface area contributed by atoms with Crippen molar-refractivity contribution in [1.82, 2.24) is 0 Å². The van der Waals surface area contributed by atoms with Crippen molar-refractivity contribution in [2.75, 3.05) is 5.75 Å². The molecule has 1 nitrogen and oxygen atoms in total. The third-order valence-electron chi connectivity index (χ3n) is 3.08. The minimum atomic E-state index is -0.421. The van der Waals surface area contributed by atoms with Crippen LogP contribution in [0.1, 0.15) is 30.6 Å². The van der Waals surface area contributed by atoms with E-state index in [2.05, 4.69) is 47.1 Å². The maximum atomic E-state index is 10.3. The molecule has 0 spiro atoms. The predicted octanol–water partition coefficient (Wildman–Crippen LogP) is 5.23. The van der Waals surface area contributed by atoms with Gasteiger partial charge in [0.1, 0.15) is 0 Å². The second kappa shape index (κ2) is 7.87. The molecular formula is C17H19BrOS. The Morgan fingerprint density at radius 1 is 1.15 bits per heavy atom. The van der Waals surface area contributed by atoms with Crippen molar-refractivity contribution >= 4 is 27.7 Å². The molecule has 0 saturated heterocycles. The van der Waals surface area contributed by atoms with Crippen LogP contribution in [0.2, 0.25) is 0 Å². The van der Waals surface area contributed by atoms with Crippen molar-refractivity contribution in [2.45, 2.75) is 30.8 Å². The van der Waals surface area contributed by atoms with Crippen LogP contribution in [0.15, 0.2) is 57.9 Å². The number of hydrogen-bond donors (Lipinski definition) is 1. The Labute approximate surface area is 133 Å². The minimum Gasteiger partial charge on any atom is -0.388 e. The second-order valence-corrected chi connectivity index (χ2v) is 6.79. The molecule has 1 N–H and O–H groups in total. The average molecular weight is 351 g/mol. The third kappa shape index (κ3) is 4.65. The summed E-state index contributed by atoms with van der Waals surface area (Å²) in [4.78, 5) is 1.17. The average Bonchev–Trinajstić information content (AvgIpc) is 2.45. The van der Waals surface area contributed by atoms with Crippen LogP contribution in [0.5, 0.6) is 0 Å². The van der Waals surface area contributed by atoms with Crippen LogP contribution < -0.4 is 0 Å². The van der Waals surface area contributed by atoms with Crippen molar-refractivity contribution in [3.8, 4) is 0 Å². The van der Waals surface area contributed by atoms with Crippen LogP contribution in [0.4, 0.5) is 0 Å². The zero-order chi connectivity index (χ0) is 14.4. The first-order valence-electron chi connectivity index (χ1n) is 6.84. The van der Waals surface area contributed by atoms with E-state index in [0.29, 0.717) is 5.75 Å². The largest absolute Gasteiger partial charge is 0.388 e. The number of aryl methyl sites for hydroxylation is 1. The molecule has 0 heterocycles. The highest BCUT2D eigenvalue weighted by Gasteiger charge is 2.09. The Balaban J connectivity index is 1.97. The van der Waals surface area contributed by atoms with E-state index in [1.165, 1.54) is 10.5 Å². The monoisotopic (exact) mass is 350 g/mol. The number of aliphatic hydroxyl groups is 1. The fourth-order valence-electron chi connectivity index (χ4n) is 2.07. The van der Waals surface area contributed by atoms with Gasteiger partial charge in [0.2, 0.25) is 0 Å². The maximum Gasteiger partial charge on any atom is 0.0884 e. The van der Waals surface area contributed by atoms with Crippen molar-refractivity contribution in [3.63, 3.8) is 0 Å². The minimum absolute atomic E-state index is 0.421. The van der Waals surface area contributed by atoms with E-state index < -0.39 is 6.10 Å². The molecule has 3 heteroatoms.